The van der Waals surface area contributed by atoms with E-state index in [2.05, 4.69) is 51.5 Å². The van der Waals surface area contributed by atoms with Crippen molar-refractivity contribution in [3.05, 3.63) is 82.7 Å². The molecule has 0 bridgehead atoms. The van der Waals surface area contributed by atoms with Gasteiger partial charge in [-0.1, -0.05) is 30.3 Å². The summed E-state index contributed by atoms with van der Waals surface area (Å²) in [5.41, 5.74) is 6.24. The number of hydrogen-bond donors (Lipinski definition) is 1. The number of benzene rings is 2. The Labute approximate surface area is 184 Å². The first-order valence-corrected chi connectivity index (χ1v) is 10.9. The molecule has 0 saturated carbocycles. The van der Waals surface area contributed by atoms with E-state index in [9.17, 15) is 4.79 Å². The number of nitrogens with zero attached hydrogens (tertiary/aromatic N) is 4. The summed E-state index contributed by atoms with van der Waals surface area (Å²) >= 11 is 0. The van der Waals surface area contributed by atoms with E-state index in [0.717, 1.165) is 48.7 Å². The summed E-state index contributed by atoms with van der Waals surface area (Å²) in [5.74, 6) is -0.0524. The maximum absolute atomic E-state index is 12.9. The average Bonchev–Trinajstić information content (AvgIpc) is 3.09. The number of aryl methyl sites for hydroxylation is 2. The second-order valence-corrected chi connectivity index (χ2v) is 8.39. The lowest BCUT2D eigenvalue weighted by Gasteiger charge is -2.35. The van der Waals surface area contributed by atoms with Gasteiger partial charge in [0.2, 0.25) is 0 Å². The normalized spacial score (nSPS) is 14.6. The Balaban J connectivity index is 1.42. The molecule has 0 spiro atoms. The predicted molar refractivity (Wildman–Crippen MR) is 125 cm³/mol. The number of hydrogen-bond acceptors (Lipinski definition) is 4. The standard InChI is InChI=1S/C25H31N5O/c1-19-15-20(2)30(27-19)18-21-7-6-9-22(16-21)25(31)26-17-23-8-4-5-10-24(23)29-13-11-28(3)12-14-29/h4-10,15-16H,11-14,17-18H2,1-3H3,(H,26,31). The Bertz CT molecular complexity index is 1050. The molecule has 6 nitrogen and oxygen atoms in total. The Morgan fingerprint density at radius 2 is 1.77 bits per heavy atom. The highest BCUT2D eigenvalue weighted by Gasteiger charge is 2.17. The van der Waals surface area contributed by atoms with Gasteiger partial charge in [-0.05, 0) is 56.3 Å². The molecule has 0 atom stereocenters. The van der Waals surface area contributed by atoms with E-state index in [-0.39, 0.29) is 5.91 Å². The zero-order valence-corrected chi connectivity index (χ0v) is 18.6. The SMILES string of the molecule is Cc1cc(C)n(Cc2cccc(C(=O)NCc3ccccc3N3CCN(C)CC3)c2)n1. The lowest BCUT2D eigenvalue weighted by molar-refractivity contribution is 0.0951. The number of carbonyl (C=O) groups is 1. The van der Waals surface area contributed by atoms with Gasteiger partial charge in [-0.25, -0.2) is 0 Å². The van der Waals surface area contributed by atoms with Gasteiger partial charge in [0.25, 0.3) is 5.91 Å². The van der Waals surface area contributed by atoms with Crippen molar-refractivity contribution >= 4 is 11.6 Å². The highest BCUT2D eigenvalue weighted by Crippen LogP contribution is 2.22. The van der Waals surface area contributed by atoms with Crippen molar-refractivity contribution in [1.82, 2.24) is 20.0 Å². The van der Waals surface area contributed by atoms with Crippen molar-refractivity contribution in [2.24, 2.45) is 0 Å². The van der Waals surface area contributed by atoms with Crippen molar-refractivity contribution in [3.63, 3.8) is 0 Å². The maximum atomic E-state index is 12.9. The van der Waals surface area contributed by atoms with Crippen LogP contribution in [0.3, 0.4) is 0 Å². The molecule has 2 heterocycles. The molecule has 162 valence electrons. The largest absolute Gasteiger partial charge is 0.369 e. The second kappa shape index (κ2) is 9.35. The van der Waals surface area contributed by atoms with Gasteiger partial charge in [0.15, 0.2) is 0 Å². The monoisotopic (exact) mass is 417 g/mol. The molecule has 1 aromatic heterocycles. The van der Waals surface area contributed by atoms with Gasteiger partial charge in [0.1, 0.15) is 0 Å². The minimum Gasteiger partial charge on any atom is -0.369 e. The van der Waals surface area contributed by atoms with Crippen molar-refractivity contribution < 1.29 is 4.79 Å². The summed E-state index contributed by atoms with van der Waals surface area (Å²) in [6.45, 7) is 9.36. The van der Waals surface area contributed by atoms with E-state index < -0.39 is 0 Å². The molecule has 1 amide bonds. The Hall–Kier alpha value is -3.12. The van der Waals surface area contributed by atoms with Gasteiger partial charge in [-0.15, -0.1) is 0 Å². The summed E-state index contributed by atoms with van der Waals surface area (Å²) in [6, 6.07) is 18.2. The average molecular weight is 418 g/mol. The summed E-state index contributed by atoms with van der Waals surface area (Å²) < 4.78 is 1.97. The quantitative estimate of drug-likeness (QED) is 0.669. The van der Waals surface area contributed by atoms with Crippen LogP contribution in [0.15, 0.2) is 54.6 Å². The molecule has 1 N–H and O–H groups in total. The molecule has 1 aliphatic heterocycles. The molecular weight excluding hydrogens is 386 g/mol. The van der Waals surface area contributed by atoms with E-state index >= 15 is 0 Å². The van der Waals surface area contributed by atoms with Gasteiger partial charge >= 0.3 is 0 Å². The van der Waals surface area contributed by atoms with E-state index in [1.54, 1.807) is 0 Å². The molecule has 6 heteroatoms. The summed E-state index contributed by atoms with van der Waals surface area (Å²) in [4.78, 5) is 17.6. The second-order valence-electron chi connectivity index (χ2n) is 8.39. The van der Waals surface area contributed by atoms with Gasteiger partial charge in [-0.3, -0.25) is 9.48 Å². The Kier molecular flexibility index (Phi) is 6.37. The smallest absolute Gasteiger partial charge is 0.251 e. The van der Waals surface area contributed by atoms with Crippen molar-refractivity contribution in [1.29, 1.82) is 0 Å². The minimum absolute atomic E-state index is 0.0524. The lowest BCUT2D eigenvalue weighted by atomic mass is 10.1. The van der Waals surface area contributed by atoms with Crippen LogP contribution in [0.4, 0.5) is 5.69 Å². The first-order valence-electron chi connectivity index (χ1n) is 10.9. The molecule has 2 aromatic carbocycles. The van der Waals surface area contributed by atoms with E-state index in [1.807, 2.05) is 48.9 Å². The molecule has 3 aromatic rings. The number of anilines is 1. The van der Waals surface area contributed by atoms with Crippen molar-refractivity contribution in [2.75, 3.05) is 38.1 Å². The molecule has 0 radical (unpaired) electrons. The van der Waals surface area contributed by atoms with Gasteiger partial charge in [0.05, 0.1) is 12.2 Å². The fraction of sp³-hybridized carbons (Fsp3) is 0.360. The van der Waals surface area contributed by atoms with Crippen LogP contribution in [0, 0.1) is 13.8 Å². The molecule has 31 heavy (non-hydrogen) atoms. The molecule has 1 saturated heterocycles. The third-order valence-corrected chi connectivity index (χ3v) is 5.90. The number of carbonyl (C=O) groups excluding carboxylic acids is 1. The highest BCUT2D eigenvalue weighted by atomic mass is 16.1. The van der Waals surface area contributed by atoms with Crippen molar-refractivity contribution in [3.8, 4) is 0 Å². The lowest BCUT2D eigenvalue weighted by Crippen LogP contribution is -2.45. The highest BCUT2D eigenvalue weighted by molar-refractivity contribution is 5.94. The number of amides is 1. The fourth-order valence-electron chi connectivity index (χ4n) is 4.11. The number of rotatable bonds is 6. The first kappa shape index (κ1) is 21.1. The molecular formula is C25H31N5O. The number of para-hydroxylation sites is 1. The predicted octanol–water partition coefficient (Wildman–Crippen LogP) is 3.23. The Morgan fingerprint density at radius 3 is 2.52 bits per heavy atom. The summed E-state index contributed by atoms with van der Waals surface area (Å²) in [7, 11) is 2.16. The van der Waals surface area contributed by atoms with Gasteiger partial charge in [-0.2, -0.15) is 5.10 Å². The molecule has 4 rings (SSSR count). The number of likely N-dealkylation sites (N-methyl/N-ethyl adjacent to an activating group) is 1. The zero-order valence-electron chi connectivity index (χ0n) is 18.6. The number of aromatic nitrogens is 2. The van der Waals surface area contributed by atoms with Crippen LogP contribution in [0.1, 0.15) is 32.9 Å². The minimum atomic E-state index is -0.0524. The third kappa shape index (κ3) is 5.14. The first-order chi connectivity index (χ1) is 15.0. The van der Waals surface area contributed by atoms with Crippen LogP contribution >= 0.6 is 0 Å². The van der Waals surface area contributed by atoms with E-state index in [4.69, 9.17) is 0 Å². The van der Waals surface area contributed by atoms with Crippen LogP contribution in [-0.2, 0) is 13.1 Å². The maximum Gasteiger partial charge on any atom is 0.251 e. The zero-order chi connectivity index (χ0) is 21.8. The number of piperazine rings is 1. The summed E-state index contributed by atoms with van der Waals surface area (Å²) in [5, 5.41) is 7.63. The molecule has 1 aliphatic rings. The fourth-order valence-corrected chi connectivity index (χ4v) is 4.11. The molecule has 0 unspecified atom stereocenters. The van der Waals surface area contributed by atoms with Crippen LogP contribution in [0.5, 0.6) is 0 Å². The third-order valence-electron chi connectivity index (χ3n) is 5.90. The Morgan fingerprint density at radius 1 is 1.00 bits per heavy atom. The van der Waals surface area contributed by atoms with E-state index in [1.165, 1.54) is 5.69 Å². The van der Waals surface area contributed by atoms with E-state index in [0.29, 0.717) is 18.7 Å². The van der Waals surface area contributed by atoms with Crippen LogP contribution < -0.4 is 10.2 Å². The van der Waals surface area contributed by atoms with Gasteiger partial charge < -0.3 is 15.1 Å². The molecule has 1 fully saturated rings. The number of nitrogens with one attached hydrogen (secondary N) is 1. The van der Waals surface area contributed by atoms with Crippen molar-refractivity contribution in [2.45, 2.75) is 26.9 Å². The van der Waals surface area contributed by atoms with Crippen LogP contribution in [-0.4, -0.2) is 53.8 Å². The van der Waals surface area contributed by atoms with Crippen LogP contribution in [0.25, 0.3) is 0 Å². The topological polar surface area (TPSA) is 53.4 Å². The van der Waals surface area contributed by atoms with Crippen LogP contribution in [0.2, 0.25) is 0 Å². The van der Waals surface area contributed by atoms with Gasteiger partial charge in [0, 0.05) is 49.7 Å². The molecule has 0 aliphatic carbocycles. The summed E-state index contributed by atoms with van der Waals surface area (Å²) in [6.07, 6.45) is 0.